The number of amides is 1. The van der Waals surface area contributed by atoms with Crippen LogP contribution in [-0.4, -0.2) is 48.2 Å². The normalized spacial score (nSPS) is 20.1. The van der Waals surface area contributed by atoms with Crippen molar-refractivity contribution in [3.05, 3.63) is 0 Å². The highest BCUT2D eigenvalue weighted by atomic mass is 16.3. The predicted octanol–water partition coefficient (Wildman–Crippen LogP) is 0.215. The van der Waals surface area contributed by atoms with E-state index in [9.17, 15) is 9.90 Å². The Morgan fingerprint density at radius 1 is 1.40 bits per heavy atom. The van der Waals surface area contributed by atoms with E-state index in [2.05, 4.69) is 5.32 Å². The molecule has 1 amide bonds. The highest BCUT2D eigenvalue weighted by Crippen LogP contribution is 2.21. The highest BCUT2D eigenvalue weighted by Gasteiger charge is 2.27. The minimum Gasteiger partial charge on any atom is -0.383 e. The molecule has 0 spiro atoms. The molecule has 1 aliphatic heterocycles. The number of hydrogen-bond acceptors (Lipinski definition) is 3. The summed E-state index contributed by atoms with van der Waals surface area (Å²) in [4.78, 5) is 13.6. The van der Waals surface area contributed by atoms with Crippen molar-refractivity contribution in [3.8, 4) is 0 Å². The van der Waals surface area contributed by atoms with Crippen molar-refractivity contribution in [2.24, 2.45) is 5.41 Å². The number of aliphatic hydroxyl groups excluding tert-OH is 1. The van der Waals surface area contributed by atoms with Crippen LogP contribution >= 0.6 is 0 Å². The lowest BCUT2D eigenvalue weighted by Crippen LogP contribution is -2.50. The number of carbonyl (C=O) groups is 1. The standard InChI is InChI=1S/C11H22N2O2/c1-11(2,3)8-9(14)10(15)13-6-4-12-5-7-13/h9,12,14H,4-8H2,1-3H3/t9-/m1/s1. The summed E-state index contributed by atoms with van der Waals surface area (Å²) >= 11 is 0. The quantitative estimate of drug-likeness (QED) is 0.691. The molecule has 15 heavy (non-hydrogen) atoms. The van der Waals surface area contributed by atoms with E-state index in [1.807, 2.05) is 20.8 Å². The highest BCUT2D eigenvalue weighted by molar-refractivity contribution is 5.80. The third-order valence-electron chi connectivity index (χ3n) is 2.52. The summed E-state index contributed by atoms with van der Waals surface area (Å²) in [6.45, 7) is 9.16. The van der Waals surface area contributed by atoms with Crippen LogP contribution in [0.15, 0.2) is 0 Å². The Labute approximate surface area is 91.6 Å². The lowest BCUT2D eigenvalue weighted by molar-refractivity contribution is -0.142. The van der Waals surface area contributed by atoms with Gasteiger partial charge in [0.15, 0.2) is 0 Å². The Hall–Kier alpha value is -0.610. The van der Waals surface area contributed by atoms with Crippen molar-refractivity contribution >= 4 is 5.91 Å². The SMILES string of the molecule is CC(C)(C)C[C@@H](O)C(=O)N1CCNCC1. The van der Waals surface area contributed by atoms with Crippen molar-refractivity contribution in [3.63, 3.8) is 0 Å². The fourth-order valence-corrected chi connectivity index (χ4v) is 1.76. The van der Waals surface area contributed by atoms with Gasteiger partial charge in [0, 0.05) is 26.2 Å². The zero-order valence-corrected chi connectivity index (χ0v) is 9.92. The van der Waals surface area contributed by atoms with Gasteiger partial charge in [0.05, 0.1) is 0 Å². The molecule has 1 heterocycles. The fourth-order valence-electron chi connectivity index (χ4n) is 1.76. The predicted molar refractivity (Wildman–Crippen MR) is 59.5 cm³/mol. The van der Waals surface area contributed by atoms with E-state index in [4.69, 9.17) is 0 Å². The molecule has 0 aromatic rings. The van der Waals surface area contributed by atoms with Gasteiger partial charge in [-0.1, -0.05) is 20.8 Å². The van der Waals surface area contributed by atoms with Crippen LogP contribution in [0.3, 0.4) is 0 Å². The van der Waals surface area contributed by atoms with Crippen LogP contribution in [0.5, 0.6) is 0 Å². The molecule has 0 aromatic carbocycles. The van der Waals surface area contributed by atoms with E-state index >= 15 is 0 Å². The van der Waals surface area contributed by atoms with Crippen molar-refractivity contribution < 1.29 is 9.90 Å². The molecular formula is C11H22N2O2. The summed E-state index contributed by atoms with van der Waals surface area (Å²) in [7, 11) is 0. The molecule has 4 nitrogen and oxygen atoms in total. The van der Waals surface area contributed by atoms with Crippen LogP contribution in [-0.2, 0) is 4.79 Å². The number of nitrogens with one attached hydrogen (secondary N) is 1. The molecule has 1 aliphatic rings. The van der Waals surface area contributed by atoms with Gasteiger partial charge in [0.25, 0.3) is 5.91 Å². The number of piperazine rings is 1. The van der Waals surface area contributed by atoms with Gasteiger partial charge in [-0.05, 0) is 11.8 Å². The van der Waals surface area contributed by atoms with Crippen LogP contribution in [0, 0.1) is 5.41 Å². The largest absolute Gasteiger partial charge is 0.383 e. The second-order valence-corrected chi connectivity index (χ2v) is 5.36. The van der Waals surface area contributed by atoms with Crippen molar-refractivity contribution in [2.45, 2.75) is 33.3 Å². The summed E-state index contributed by atoms with van der Waals surface area (Å²) in [5.41, 5.74) is -0.0108. The first-order chi connectivity index (χ1) is 6.90. The molecule has 0 aromatic heterocycles. The second kappa shape index (κ2) is 4.94. The van der Waals surface area contributed by atoms with Gasteiger partial charge in [-0.15, -0.1) is 0 Å². The van der Waals surface area contributed by atoms with E-state index < -0.39 is 6.10 Å². The summed E-state index contributed by atoms with van der Waals surface area (Å²) in [6, 6.07) is 0. The van der Waals surface area contributed by atoms with Gasteiger partial charge in [-0.2, -0.15) is 0 Å². The van der Waals surface area contributed by atoms with Crippen molar-refractivity contribution in [1.82, 2.24) is 10.2 Å². The topological polar surface area (TPSA) is 52.6 Å². The summed E-state index contributed by atoms with van der Waals surface area (Å²) in [5.74, 6) is -0.119. The zero-order chi connectivity index (χ0) is 11.5. The third kappa shape index (κ3) is 4.18. The molecule has 1 fully saturated rings. The maximum Gasteiger partial charge on any atom is 0.251 e. The Morgan fingerprint density at radius 2 is 1.93 bits per heavy atom. The van der Waals surface area contributed by atoms with Crippen molar-refractivity contribution in [2.75, 3.05) is 26.2 Å². The van der Waals surface area contributed by atoms with E-state index in [1.54, 1.807) is 4.90 Å². The van der Waals surface area contributed by atoms with Gasteiger partial charge in [-0.25, -0.2) is 0 Å². The van der Waals surface area contributed by atoms with Crippen LogP contribution in [0.2, 0.25) is 0 Å². The van der Waals surface area contributed by atoms with E-state index in [0.29, 0.717) is 19.5 Å². The van der Waals surface area contributed by atoms with Gasteiger partial charge in [-0.3, -0.25) is 4.79 Å². The van der Waals surface area contributed by atoms with Crippen molar-refractivity contribution in [1.29, 1.82) is 0 Å². The molecule has 2 N–H and O–H groups in total. The van der Waals surface area contributed by atoms with Crippen LogP contribution < -0.4 is 5.32 Å². The summed E-state index contributed by atoms with van der Waals surface area (Å²) in [5, 5.41) is 13.0. The number of aliphatic hydroxyl groups is 1. The van der Waals surface area contributed by atoms with E-state index in [0.717, 1.165) is 13.1 Å². The Bertz CT molecular complexity index is 217. The lowest BCUT2D eigenvalue weighted by atomic mass is 9.89. The number of rotatable bonds is 2. The molecule has 0 unspecified atom stereocenters. The molecule has 88 valence electrons. The summed E-state index contributed by atoms with van der Waals surface area (Å²) < 4.78 is 0. The maximum absolute atomic E-state index is 11.8. The third-order valence-corrected chi connectivity index (χ3v) is 2.52. The molecule has 0 radical (unpaired) electrons. The van der Waals surface area contributed by atoms with Crippen LogP contribution in [0.25, 0.3) is 0 Å². The molecular weight excluding hydrogens is 192 g/mol. The Balaban J connectivity index is 2.44. The molecule has 0 bridgehead atoms. The average molecular weight is 214 g/mol. The van der Waals surface area contributed by atoms with Gasteiger partial charge in [0.2, 0.25) is 0 Å². The van der Waals surface area contributed by atoms with E-state index in [1.165, 1.54) is 0 Å². The minimum atomic E-state index is -0.844. The summed E-state index contributed by atoms with van der Waals surface area (Å²) in [6.07, 6.45) is -0.321. The first-order valence-electron chi connectivity index (χ1n) is 5.58. The minimum absolute atomic E-state index is 0.0108. The van der Waals surface area contributed by atoms with Gasteiger partial charge in [0.1, 0.15) is 6.10 Å². The van der Waals surface area contributed by atoms with Crippen LogP contribution in [0.4, 0.5) is 0 Å². The Morgan fingerprint density at radius 3 is 2.40 bits per heavy atom. The first kappa shape index (κ1) is 12.5. The second-order valence-electron chi connectivity index (χ2n) is 5.36. The molecule has 1 saturated heterocycles. The monoisotopic (exact) mass is 214 g/mol. The molecule has 1 rings (SSSR count). The Kier molecular flexibility index (Phi) is 4.11. The lowest BCUT2D eigenvalue weighted by Gasteiger charge is -2.31. The zero-order valence-electron chi connectivity index (χ0n) is 9.92. The average Bonchev–Trinajstić information content (AvgIpc) is 2.15. The molecule has 0 aliphatic carbocycles. The molecule has 1 atom stereocenters. The maximum atomic E-state index is 11.8. The molecule has 4 heteroatoms. The number of carbonyl (C=O) groups excluding carboxylic acids is 1. The van der Waals surface area contributed by atoms with Gasteiger partial charge >= 0.3 is 0 Å². The number of hydrogen-bond donors (Lipinski definition) is 2. The fraction of sp³-hybridized carbons (Fsp3) is 0.909. The van der Waals surface area contributed by atoms with Crippen LogP contribution in [0.1, 0.15) is 27.2 Å². The van der Waals surface area contributed by atoms with E-state index in [-0.39, 0.29) is 11.3 Å². The smallest absolute Gasteiger partial charge is 0.251 e. The first-order valence-corrected chi connectivity index (χ1v) is 5.58. The number of nitrogens with zero attached hydrogens (tertiary/aromatic N) is 1. The molecule has 0 saturated carbocycles. The van der Waals surface area contributed by atoms with Gasteiger partial charge < -0.3 is 15.3 Å².